The number of ether oxygens (including phenoxy) is 1. The van der Waals surface area contributed by atoms with Crippen LogP contribution in [0.4, 0.5) is 0 Å². The van der Waals surface area contributed by atoms with Crippen molar-refractivity contribution < 1.29 is 14.6 Å². The number of aliphatic carboxylic acids is 1. The number of carboxylic acids is 1. The van der Waals surface area contributed by atoms with Crippen molar-refractivity contribution in [2.75, 3.05) is 7.11 Å². The molecule has 0 saturated heterocycles. The van der Waals surface area contributed by atoms with Gasteiger partial charge in [0.1, 0.15) is 0 Å². The summed E-state index contributed by atoms with van der Waals surface area (Å²) in [6, 6.07) is 0. The summed E-state index contributed by atoms with van der Waals surface area (Å²) in [7, 11) is 1.74. The van der Waals surface area contributed by atoms with E-state index in [0.717, 1.165) is 25.7 Å². The second kappa shape index (κ2) is 3.29. The molecular weight excluding hydrogens is 168 g/mol. The third-order valence-electron chi connectivity index (χ3n) is 3.76. The number of fused-ring (bicyclic) bond motifs is 1. The Morgan fingerprint density at radius 2 is 1.92 bits per heavy atom. The molecule has 3 nitrogen and oxygen atoms in total. The van der Waals surface area contributed by atoms with Gasteiger partial charge >= 0.3 is 5.97 Å². The van der Waals surface area contributed by atoms with Crippen LogP contribution in [0.1, 0.15) is 25.7 Å². The van der Waals surface area contributed by atoms with Gasteiger partial charge in [-0.3, -0.25) is 4.79 Å². The molecule has 2 saturated carbocycles. The van der Waals surface area contributed by atoms with Gasteiger partial charge in [-0.1, -0.05) is 0 Å². The van der Waals surface area contributed by atoms with Crippen LogP contribution in [0.2, 0.25) is 0 Å². The first kappa shape index (κ1) is 9.00. The molecule has 4 atom stereocenters. The van der Waals surface area contributed by atoms with E-state index >= 15 is 0 Å². The van der Waals surface area contributed by atoms with Crippen LogP contribution in [-0.2, 0) is 9.53 Å². The van der Waals surface area contributed by atoms with Crippen molar-refractivity contribution in [2.24, 2.45) is 17.8 Å². The Balaban J connectivity index is 2.07. The number of hydrogen-bond donors (Lipinski definition) is 1. The van der Waals surface area contributed by atoms with Gasteiger partial charge < -0.3 is 9.84 Å². The van der Waals surface area contributed by atoms with E-state index < -0.39 is 5.97 Å². The Bertz CT molecular complexity index is 214. The second-order valence-corrected chi connectivity index (χ2v) is 4.20. The van der Waals surface area contributed by atoms with Crippen LogP contribution in [0.3, 0.4) is 0 Å². The summed E-state index contributed by atoms with van der Waals surface area (Å²) in [6.07, 6.45) is 4.31. The zero-order valence-electron chi connectivity index (χ0n) is 7.90. The number of hydrogen-bond acceptors (Lipinski definition) is 2. The molecular formula is C10H16O3. The van der Waals surface area contributed by atoms with Gasteiger partial charge in [0, 0.05) is 7.11 Å². The predicted molar refractivity (Wildman–Crippen MR) is 47.4 cm³/mol. The molecule has 0 radical (unpaired) electrons. The lowest BCUT2D eigenvalue weighted by molar-refractivity contribution is -0.143. The standard InChI is InChI=1S/C10H16O3/c1-13-9-5-4-6-7(9)2-3-8(6)10(11)12/h6-9H,2-5H2,1H3,(H,11,12)/t6-,7-,8+,9+/m0/s1. The fourth-order valence-electron chi connectivity index (χ4n) is 3.15. The molecule has 0 aromatic heterocycles. The largest absolute Gasteiger partial charge is 0.481 e. The molecule has 0 aromatic rings. The molecule has 2 fully saturated rings. The van der Waals surface area contributed by atoms with E-state index in [1.54, 1.807) is 7.11 Å². The summed E-state index contributed by atoms with van der Waals surface area (Å²) in [5.41, 5.74) is 0. The Morgan fingerprint density at radius 3 is 2.54 bits per heavy atom. The Morgan fingerprint density at radius 1 is 1.23 bits per heavy atom. The predicted octanol–water partition coefficient (Wildman–Crippen LogP) is 1.52. The van der Waals surface area contributed by atoms with Crippen LogP contribution >= 0.6 is 0 Å². The summed E-state index contributed by atoms with van der Waals surface area (Å²) < 4.78 is 5.36. The molecule has 2 aliphatic rings. The first-order valence-corrected chi connectivity index (χ1v) is 4.99. The molecule has 2 aliphatic carbocycles. The van der Waals surface area contributed by atoms with Gasteiger partial charge in [0.15, 0.2) is 0 Å². The van der Waals surface area contributed by atoms with Crippen molar-refractivity contribution in [2.45, 2.75) is 31.8 Å². The molecule has 2 rings (SSSR count). The summed E-state index contributed by atoms with van der Waals surface area (Å²) in [6.45, 7) is 0. The fourth-order valence-corrected chi connectivity index (χ4v) is 3.15. The molecule has 0 bridgehead atoms. The fraction of sp³-hybridized carbons (Fsp3) is 0.900. The van der Waals surface area contributed by atoms with Crippen LogP contribution in [0.5, 0.6) is 0 Å². The van der Waals surface area contributed by atoms with Gasteiger partial charge in [-0.05, 0) is 37.5 Å². The Hall–Kier alpha value is -0.570. The SMILES string of the molecule is CO[C@@H]1CC[C@H]2[C@@H]1CC[C@H]2C(=O)O. The first-order chi connectivity index (χ1) is 6.24. The summed E-state index contributed by atoms with van der Waals surface area (Å²) >= 11 is 0. The molecule has 0 aliphatic heterocycles. The molecule has 13 heavy (non-hydrogen) atoms. The highest BCUT2D eigenvalue weighted by molar-refractivity contribution is 5.70. The number of methoxy groups -OCH3 is 1. The van der Waals surface area contributed by atoms with Crippen molar-refractivity contribution in [3.8, 4) is 0 Å². The molecule has 3 heteroatoms. The summed E-state index contributed by atoms with van der Waals surface area (Å²) in [4.78, 5) is 10.9. The molecule has 0 unspecified atom stereocenters. The van der Waals surface area contributed by atoms with E-state index in [-0.39, 0.29) is 5.92 Å². The lowest BCUT2D eigenvalue weighted by Gasteiger charge is -2.17. The van der Waals surface area contributed by atoms with Crippen LogP contribution in [-0.4, -0.2) is 24.3 Å². The van der Waals surface area contributed by atoms with Gasteiger partial charge in [-0.15, -0.1) is 0 Å². The van der Waals surface area contributed by atoms with E-state index in [1.807, 2.05) is 0 Å². The maximum absolute atomic E-state index is 10.9. The van der Waals surface area contributed by atoms with Crippen molar-refractivity contribution in [1.29, 1.82) is 0 Å². The van der Waals surface area contributed by atoms with E-state index in [1.165, 1.54) is 0 Å². The highest BCUT2D eigenvalue weighted by Gasteiger charge is 2.47. The van der Waals surface area contributed by atoms with Crippen LogP contribution in [0, 0.1) is 17.8 Å². The van der Waals surface area contributed by atoms with Crippen LogP contribution in [0.25, 0.3) is 0 Å². The third-order valence-corrected chi connectivity index (χ3v) is 3.76. The number of rotatable bonds is 2. The quantitative estimate of drug-likeness (QED) is 0.707. The monoisotopic (exact) mass is 184 g/mol. The average Bonchev–Trinajstić information content (AvgIpc) is 2.61. The van der Waals surface area contributed by atoms with E-state index in [4.69, 9.17) is 9.84 Å². The normalized spacial score (nSPS) is 43.5. The molecule has 0 aromatic carbocycles. The smallest absolute Gasteiger partial charge is 0.306 e. The topological polar surface area (TPSA) is 46.5 Å². The lowest BCUT2D eigenvalue weighted by Crippen LogP contribution is -2.22. The van der Waals surface area contributed by atoms with Crippen molar-refractivity contribution >= 4 is 5.97 Å². The lowest BCUT2D eigenvalue weighted by atomic mass is 9.92. The Kier molecular flexibility index (Phi) is 2.28. The minimum absolute atomic E-state index is 0.0925. The highest BCUT2D eigenvalue weighted by Crippen LogP contribution is 2.48. The van der Waals surface area contributed by atoms with Gasteiger partial charge in [-0.2, -0.15) is 0 Å². The maximum atomic E-state index is 10.9. The average molecular weight is 184 g/mol. The van der Waals surface area contributed by atoms with E-state index in [9.17, 15) is 4.79 Å². The molecule has 0 heterocycles. The summed E-state index contributed by atoms with van der Waals surface area (Å²) in [5.74, 6) is 0.211. The highest BCUT2D eigenvalue weighted by atomic mass is 16.5. The third kappa shape index (κ3) is 1.35. The van der Waals surface area contributed by atoms with E-state index in [0.29, 0.717) is 17.9 Å². The van der Waals surface area contributed by atoms with Crippen molar-refractivity contribution in [3.05, 3.63) is 0 Å². The van der Waals surface area contributed by atoms with Crippen LogP contribution in [0.15, 0.2) is 0 Å². The van der Waals surface area contributed by atoms with Crippen LogP contribution < -0.4 is 0 Å². The second-order valence-electron chi connectivity index (χ2n) is 4.20. The number of carbonyl (C=O) groups is 1. The van der Waals surface area contributed by atoms with E-state index in [2.05, 4.69) is 0 Å². The van der Waals surface area contributed by atoms with Gasteiger partial charge in [-0.25, -0.2) is 0 Å². The molecule has 0 spiro atoms. The zero-order chi connectivity index (χ0) is 9.42. The first-order valence-electron chi connectivity index (χ1n) is 4.99. The molecule has 1 N–H and O–H groups in total. The van der Waals surface area contributed by atoms with Gasteiger partial charge in [0.2, 0.25) is 0 Å². The molecule has 0 amide bonds. The van der Waals surface area contributed by atoms with Crippen molar-refractivity contribution in [3.63, 3.8) is 0 Å². The zero-order valence-corrected chi connectivity index (χ0v) is 7.90. The number of carboxylic acid groups (broad SMARTS) is 1. The van der Waals surface area contributed by atoms with Gasteiger partial charge in [0.05, 0.1) is 12.0 Å². The minimum atomic E-state index is -0.607. The molecule has 74 valence electrons. The van der Waals surface area contributed by atoms with Crippen molar-refractivity contribution in [1.82, 2.24) is 0 Å². The maximum Gasteiger partial charge on any atom is 0.306 e. The summed E-state index contributed by atoms with van der Waals surface area (Å²) in [5, 5.41) is 8.98. The minimum Gasteiger partial charge on any atom is -0.481 e. The van der Waals surface area contributed by atoms with Gasteiger partial charge in [0.25, 0.3) is 0 Å². The Labute approximate surface area is 78.1 Å².